The quantitative estimate of drug-likeness (QED) is 0.187. The Morgan fingerprint density at radius 3 is 1.25 bits per heavy atom. The van der Waals surface area contributed by atoms with Crippen LogP contribution in [-0.4, -0.2) is 17.3 Å². The number of hydrogen-bond acceptors (Lipinski definition) is 7. The van der Waals surface area contributed by atoms with Crippen molar-refractivity contribution >= 4 is 44.0 Å². The molecule has 0 aliphatic rings. The summed E-state index contributed by atoms with van der Waals surface area (Å²) >= 11 is 3.52. The number of rotatable bonds is 15. The molecule has 0 N–H and O–H groups in total. The summed E-state index contributed by atoms with van der Waals surface area (Å²) in [5.41, 5.74) is 0. The van der Waals surface area contributed by atoms with Crippen molar-refractivity contribution in [2.75, 3.05) is 17.3 Å². The maximum absolute atomic E-state index is 12.4. The van der Waals surface area contributed by atoms with E-state index in [0.717, 1.165) is 55.8 Å². The average Bonchev–Trinajstić information content (AvgIpc) is 2.45. The summed E-state index contributed by atoms with van der Waals surface area (Å²) in [5, 5.41) is 0. The minimum Gasteiger partial charge on any atom is -0.225 e. The van der Waals surface area contributed by atoms with E-state index in [2.05, 4.69) is 20.8 Å². The summed E-state index contributed by atoms with van der Waals surface area (Å²) in [7, 11) is -3.45. The fourth-order valence-electron chi connectivity index (χ4n) is 0.953. The van der Waals surface area contributed by atoms with Crippen LogP contribution in [0.25, 0.3) is 0 Å². The van der Waals surface area contributed by atoms with Gasteiger partial charge in [-0.05, 0) is 19.3 Å². The summed E-state index contributed by atoms with van der Waals surface area (Å²) in [6, 6.07) is 0. The van der Waals surface area contributed by atoms with Crippen molar-refractivity contribution in [2.24, 2.45) is 0 Å². The molecule has 0 saturated heterocycles. The maximum atomic E-state index is 12.4. The molecule has 0 atom stereocenters. The van der Waals surface area contributed by atoms with Gasteiger partial charge in [0.1, 0.15) is 0 Å². The summed E-state index contributed by atoms with van der Waals surface area (Å²) < 4.78 is 28.2. The molecule has 0 aromatic heterocycles. The summed E-state index contributed by atoms with van der Waals surface area (Å²) in [4.78, 5) is 0. The molecular formula is C12H27O4PS3. The van der Waals surface area contributed by atoms with Gasteiger partial charge in [0.05, 0.1) is 0 Å². The van der Waals surface area contributed by atoms with Gasteiger partial charge in [0, 0.05) is 53.4 Å². The second-order valence-corrected chi connectivity index (χ2v) is 8.81. The van der Waals surface area contributed by atoms with Gasteiger partial charge in [-0.25, -0.2) is 16.5 Å². The van der Waals surface area contributed by atoms with Crippen molar-refractivity contribution in [3.05, 3.63) is 0 Å². The van der Waals surface area contributed by atoms with Crippen LogP contribution in [0.15, 0.2) is 0 Å². The standard InChI is InChI=1S/C12H27O4PS3/c1-4-7-10-18-14-17(13,15-19-11-8-5-2)16-20-12-9-6-3/h4-12H2,1-3H3. The van der Waals surface area contributed by atoms with Gasteiger partial charge in [-0.1, -0.05) is 40.0 Å². The fraction of sp³-hybridized carbons (Fsp3) is 1.00. The third-order valence-electron chi connectivity index (χ3n) is 2.18. The molecule has 0 amide bonds. The SMILES string of the molecule is CCCCSOP(=O)(OSCCCC)OSCCCC. The lowest BCUT2D eigenvalue weighted by Crippen LogP contribution is -1.91. The molecule has 0 heterocycles. The van der Waals surface area contributed by atoms with Crippen LogP contribution in [0, 0.1) is 0 Å². The Bertz CT molecular complexity index is 219. The van der Waals surface area contributed by atoms with Crippen molar-refractivity contribution in [2.45, 2.75) is 59.3 Å². The Kier molecular flexibility index (Phi) is 15.9. The van der Waals surface area contributed by atoms with Crippen LogP contribution in [0.5, 0.6) is 0 Å². The van der Waals surface area contributed by atoms with Gasteiger partial charge >= 0.3 is 7.82 Å². The molecule has 20 heavy (non-hydrogen) atoms. The predicted molar refractivity (Wildman–Crippen MR) is 93.0 cm³/mol. The summed E-state index contributed by atoms with van der Waals surface area (Å²) in [6.45, 7) is 6.32. The molecule has 0 aliphatic carbocycles. The number of phosphoric acid groups is 1. The molecule has 122 valence electrons. The van der Waals surface area contributed by atoms with E-state index in [9.17, 15) is 4.57 Å². The van der Waals surface area contributed by atoms with E-state index in [1.54, 1.807) is 0 Å². The molecule has 4 nitrogen and oxygen atoms in total. The van der Waals surface area contributed by atoms with Crippen LogP contribution in [0.3, 0.4) is 0 Å². The maximum Gasteiger partial charge on any atom is 0.508 e. The Hall–Kier alpha value is 1.16. The molecule has 0 saturated carbocycles. The third-order valence-corrected chi connectivity index (χ3v) is 7.00. The van der Waals surface area contributed by atoms with Crippen LogP contribution < -0.4 is 0 Å². The van der Waals surface area contributed by atoms with Gasteiger partial charge in [0.25, 0.3) is 0 Å². The van der Waals surface area contributed by atoms with Gasteiger partial charge < -0.3 is 0 Å². The largest absolute Gasteiger partial charge is 0.508 e. The number of hydrogen-bond donors (Lipinski definition) is 0. The molecule has 0 spiro atoms. The minimum absolute atomic E-state index is 0.798. The lowest BCUT2D eigenvalue weighted by atomic mass is 10.4. The van der Waals surface area contributed by atoms with Gasteiger partial charge in [-0.2, -0.15) is 0 Å². The molecule has 0 aromatic carbocycles. The first-order valence-corrected chi connectivity index (χ1v) is 11.4. The molecule has 8 heteroatoms. The minimum atomic E-state index is -3.45. The van der Waals surface area contributed by atoms with E-state index >= 15 is 0 Å². The van der Waals surface area contributed by atoms with Gasteiger partial charge in [0.2, 0.25) is 0 Å². The predicted octanol–water partition coefficient (Wildman–Crippen LogP) is 6.49. The van der Waals surface area contributed by atoms with Crippen molar-refractivity contribution in [1.29, 1.82) is 0 Å². The molecular weight excluding hydrogens is 335 g/mol. The Labute approximate surface area is 137 Å². The van der Waals surface area contributed by atoms with Crippen LogP contribution in [0.1, 0.15) is 59.3 Å². The summed E-state index contributed by atoms with van der Waals surface area (Å²) in [6.07, 6.45) is 6.32. The monoisotopic (exact) mass is 362 g/mol. The van der Waals surface area contributed by atoms with E-state index in [1.807, 2.05) is 0 Å². The fourth-order valence-corrected chi connectivity index (χ4v) is 5.58. The van der Waals surface area contributed by atoms with Crippen LogP contribution >= 0.6 is 44.0 Å². The molecule has 0 rings (SSSR count). The van der Waals surface area contributed by atoms with Crippen LogP contribution in [-0.2, 0) is 16.5 Å². The highest BCUT2D eigenvalue weighted by Crippen LogP contribution is 2.58. The second kappa shape index (κ2) is 15.1. The van der Waals surface area contributed by atoms with Crippen molar-refractivity contribution in [1.82, 2.24) is 0 Å². The molecule has 0 aliphatic heterocycles. The molecule has 0 aromatic rings. The summed E-state index contributed by atoms with van der Waals surface area (Å²) in [5.74, 6) is 2.39. The van der Waals surface area contributed by atoms with E-state index in [-0.39, 0.29) is 0 Å². The first-order valence-electron chi connectivity index (χ1n) is 7.22. The topological polar surface area (TPSA) is 44.8 Å². The molecule has 0 fully saturated rings. The van der Waals surface area contributed by atoms with Crippen molar-refractivity contribution in [3.63, 3.8) is 0 Å². The van der Waals surface area contributed by atoms with Crippen LogP contribution in [0.4, 0.5) is 0 Å². The van der Waals surface area contributed by atoms with Gasteiger partial charge in [0.15, 0.2) is 0 Å². The van der Waals surface area contributed by atoms with Crippen molar-refractivity contribution in [3.8, 4) is 0 Å². The van der Waals surface area contributed by atoms with E-state index in [4.69, 9.17) is 11.9 Å². The van der Waals surface area contributed by atoms with Crippen molar-refractivity contribution < 1.29 is 16.5 Å². The molecule has 0 unspecified atom stereocenters. The Balaban J connectivity index is 4.02. The second-order valence-electron chi connectivity index (χ2n) is 4.20. The normalized spacial score (nSPS) is 11.9. The first kappa shape index (κ1) is 21.2. The third kappa shape index (κ3) is 12.9. The van der Waals surface area contributed by atoms with E-state index in [0.29, 0.717) is 0 Å². The Morgan fingerprint density at radius 1 is 0.700 bits per heavy atom. The highest BCUT2D eigenvalue weighted by Gasteiger charge is 2.29. The zero-order valence-electron chi connectivity index (χ0n) is 12.7. The average molecular weight is 363 g/mol. The number of unbranched alkanes of at least 4 members (excludes halogenated alkanes) is 3. The highest BCUT2D eigenvalue weighted by atomic mass is 32.2. The van der Waals surface area contributed by atoms with E-state index < -0.39 is 7.82 Å². The van der Waals surface area contributed by atoms with Gasteiger partial charge in [-0.15, -0.1) is 0 Å². The highest BCUT2D eigenvalue weighted by molar-refractivity contribution is 8.04. The first-order chi connectivity index (χ1) is 9.68. The zero-order valence-corrected chi connectivity index (χ0v) is 16.0. The lowest BCUT2D eigenvalue weighted by molar-refractivity contribution is 0.349. The Morgan fingerprint density at radius 2 is 1.00 bits per heavy atom. The smallest absolute Gasteiger partial charge is 0.225 e. The van der Waals surface area contributed by atoms with Crippen LogP contribution in [0.2, 0.25) is 0 Å². The lowest BCUT2D eigenvalue weighted by Gasteiger charge is -2.14. The molecule has 0 bridgehead atoms. The molecule has 0 radical (unpaired) electrons. The van der Waals surface area contributed by atoms with Gasteiger partial charge in [-0.3, -0.25) is 0 Å². The zero-order chi connectivity index (χ0) is 15.1. The van der Waals surface area contributed by atoms with E-state index in [1.165, 1.54) is 36.1 Å².